The number of rotatable bonds is 5. The summed E-state index contributed by atoms with van der Waals surface area (Å²) in [5.41, 5.74) is 4.44. The van der Waals surface area contributed by atoms with Crippen LogP contribution in [-0.4, -0.2) is 38.9 Å². The molecule has 6 rings (SSSR count). The summed E-state index contributed by atoms with van der Waals surface area (Å²) in [7, 11) is 0. The van der Waals surface area contributed by atoms with Gasteiger partial charge in [0.15, 0.2) is 0 Å². The molecule has 2 aromatic carbocycles. The molecule has 0 unspecified atom stereocenters. The zero-order valence-electron chi connectivity index (χ0n) is 20.3. The van der Waals surface area contributed by atoms with Gasteiger partial charge < -0.3 is 14.7 Å². The number of pyridine rings is 1. The maximum atomic E-state index is 13.7. The monoisotopic (exact) mass is 480 g/mol. The maximum Gasteiger partial charge on any atom is 0.259 e. The lowest BCUT2D eigenvalue weighted by atomic mass is 9.80. The van der Waals surface area contributed by atoms with E-state index in [0.717, 1.165) is 48.8 Å². The lowest BCUT2D eigenvalue weighted by Crippen LogP contribution is -2.56. The predicted molar refractivity (Wildman–Crippen MR) is 136 cm³/mol. The van der Waals surface area contributed by atoms with Crippen LogP contribution in [0.15, 0.2) is 65.2 Å². The number of amides is 2. The highest BCUT2D eigenvalue weighted by molar-refractivity contribution is 6.07. The Kier molecular flexibility index (Phi) is 5.55. The van der Waals surface area contributed by atoms with Crippen LogP contribution < -0.4 is 5.32 Å². The zero-order valence-corrected chi connectivity index (χ0v) is 20.3. The highest BCUT2D eigenvalue weighted by Crippen LogP contribution is 2.39. The quantitative estimate of drug-likeness (QED) is 0.419. The van der Waals surface area contributed by atoms with Gasteiger partial charge in [-0.15, -0.1) is 0 Å². The number of hydrogen-bond donors (Lipinski definition) is 1. The number of aryl methyl sites for hydroxylation is 1. The number of carbonyl (C=O) groups excluding carboxylic acids is 2. The van der Waals surface area contributed by atoms with Gasteiger partial charge in [-0.3, -0.25) is 9.59 Å². The number of aromatic nitrogens is 2. The lowest BCUT2D eigenvalue weighted by molar-refractivity contribution is 0.0344. The fraction of sp³-hybridized carbons (Fsp3) is 0.310. The Morgan fingerprint density at radius 3 is 2.58 bits per heavy atom. The van der Waals surface area contributed by atoms with E-state index in [0.29, 0.717) is 41.1 Å². The summed E-state index contributed by atoms with van der Waals surface area (Å²) < 4.78 is 5.45. The van der Waals surface area contributed by atoms with Gasteiger partial charge in [0.1, 0.15) is 0 Å². The minimum atomic E-state index is -0.401. The van der Waals surface area contributed by atoms with E-state index >= 15 is 0 Å². The van der Waals surface area contributed by atoms with Crippen molar-refractivity contribution in [1.82, 2.24) is 20.4 Å². The van der Waals surface area contributed by atoms with Crippen LogP contribution in [-0.2, 0) is 6.54 Å². The van der Waals surface area contributed by atoms with Crippen molar-refractivity contribution in [3.8, 4) is 11.3 Å². The van der Waals surface area contributed by atoms with Crippen LogP contribution in [0.4, 0.5) is 0 Å². The molecule has 1 aliphatic heterocycles. The van der Waals surface area contributed by atoms with Gasteiger partial charge in [0.2, 0.25) is 0 Å². The average molecular weight is 481 g/mol. The molecular weight excluding hydrogens is 452 g/mol. The number of nitrogens with one attached hydrogen (secondary N) is 1. The maximum absolute atomic E-state index is 13.7. The molecule has 1 saturated carbocycles. The molecule has 1 fully saturated rings. The van der Waals surface area contributed by atoms with Gasteiger partial charge in [-0.2, -0.15) is 0 Å². The van der Waals surface area contributed by atoms with Crippen molar-refractivity contribution in [2.45, 2.75) is 51.1 Å². The molecular formula is C29H28N4O3. The Morgan fingerprint density at radius 2 is 1.81 bits per heavy atom. The van der Waals surface area contributed by atoms with E-state index in [1.54, 1.807) is 0 Å². The first-order valence-electron chi connectivity index (χ1n) is 12.6. The van der Waals surface area contributed by atoms with Gasteiger partial charge in [0.05, 0.1) is 27.9 Å². The van der Waals surface area contributed by atoms with Gasteiger partial charge in [-0.05, 0) is 37.5 Å². The van der Waals surface area contributed by atoms with Gasteiger partial charge >= 0.3 is 0 Å². The van der Waals surface area contributed by atoms with Crippen molar-refractivity contribution < 1.29 is 14.1 Å². The van der Waals surface area contributed by atoms with E-state index in [-0.39, 0.29) is 11.8 Å². The molecule has 0 radical (unpaired) electrons. The van der Waals surface area contributed by atoms with E-state index in [9.17, 15) is 9.59 Å². The zero-order chi connectivity index (χ0) is 24.7. The summed E-state index contributed by atoms with van der Waals surface area (Å²) in [6.45, 7) is 2.81. The molecule has 7 nitrogen and oxygen atoms in total. The highest BCUT2D eigenvalue weighted by Gasteiger charge is 2.44. The SMILES string of the molecule is Cc1noc2nc(-c3ccccc3)cc(C(=O)NCC3(N4Cc5ccccc5C4=O)CCCCC3)c12. The van der Waals surface area contributed by atoms with E-state index in [1.165, 1.54) is 0 Å². The molecule has 1 N–H and O–H groups in total. The summed E-state index contributed by atoms with van der Waals surface area (Å²) in [6.07, 6.45) is 4.98. The van der Waals surface area contributed by atoms with Crippen molar-refractivity contribution in [1.29, 1.82) is 0 Å². The Bertz CT molecular complexity index is 1450. The van der Waals surface area contributed by atoms with Crippen molar-refractivity contribution in [2.75, 3.05) is 6.54 Å². The van der Waals surface area contributed by atoms with Crippen LogP contribution in [0.5, 0.6) is 0 Å². The third kappa shape index (κ3) is 3.75. The molecule has 4 aromatic rings. The van der Waals surface area contributed by atoms with Crippen LogP contribution >= 0.6 is 0 Å². The van der Waals surface area contributed by atoms with E-state index in [2.05, 4.69) is 15.5 Å². The van der Waals surface area contributed by atoms with Gasteiger partial charge in [0, 0.05) is 24.2 Å². The second-order valence-corrected chi connectivity index (χ2v) is 9.89. The molecule has 2 aromatic heterocycles. The molecule has 2 aliphatic rings. The second-order valence-electron chi connectivity index (χ2n) is 9.89. The average Bonchev–Trinajstić information content (AvgIpc) is 3.48. The molecule has 3 heterocycles. The number of carbonyl (C=O) groups is 2. The molecule has 7 heteroatoms. The Morgan fingerprint density at radius 1 is 1.06 bits per heavy atom. The molecule has 182 valence electrons. The molecule has 0 spiro atoms. The minimum absolute atomic E-state index is 0.0642. The Balaban J connectivity index is 1.32. The molecule has 0 saturated heterocycles. The molecule has 0 atom stereocenters. The summed E-state index contributed by atoms with van der Waals surface area (Å²) in [6, 6.07) is 19.3. The third-order valence-electron chi connectivity index (χ3n) is 7.69. The number of fused-ring (bicyclic) bond motifs is 2. The molecule has 0 bridgehead atoms. The fourth-order valence-corrected chi connectivity index (χ4v) is 5.76. The van der Waals surface area contributed by atoms with Crippen molar-refractivity contribution in [3.05, 3.63) is 83.0 Å². The van der Waals surface area contributed by atoms with E-state index in [4.69, 9.17) is 4.52 Å². The Labute approximate surface area is 209 Å². The first-order valence-corrected chi connectivity index (χ1v) is 12.6. The van der Waals surface area contributed by atoms with Gasteiger partial charge in [-0.1, -0.05) is 73.0 Å². The summed E-state index contributed by atoms with van der Waals surface area (Å²) in [5, 5.41) is 7.87. The van der Waals surface area contributed by atoms with Gasteiger partial charge in [-0.25, -0.2) is 4.98 Å². The summed E-state index contributed by atoms with van der Waals surface area (Å²) in [4.78, 5) is 33.7. The Hall–Kier alpha value is -4.00. The summed E-state index contributed by atoms with van der Waals surface area (Å²) >= 11 is 0. The van der Waals surface area contributed by atoms with Crippen molar-refractivity contribution >= 4 is 22.9 Å². The number of nitrogens with zero attached hydrogens (tertiary/aromatic N) is 3. The normalized spacial score (nSPS) is 16.8. The summed E-state index contributed by atoms with van der Waals surface area (Å²) in [5.74, 6) is -0.144. The predicted octanol–water partition coefficient (Wildman–Crippen LogP) is 5.29. The van der Waals surface area contributed by atoms with E-state index in [1.807, 2.05) is 72.5 Å². The van der Waals surface area contributed by atoms with Crippen LogP contribution in [0.25, 0.3) is 22.4 Å². The van der Waals surface area contributed by atoms with Crippen LogP contribution in [0, 0.1) is 6.92 Å². The van der Waals surface area contributed by atoms with Crippen molar-refractivity contribution in [2.24, 2.45) is 0 Å². The minimum Gasteiger partial charge on any atom is -0.350 e. The lowest BCUT2D eigenvalue weighted by Gasteiger charge is -2.44. The number of hydrogen-bond acceptors (Lipinski definition) is 5. The highest BCUT2D eigenvalue weighted by atomic mass is 16.5. The van der Waals surface area contributed by atoms with Gasteiger partial charge in [0.25, 0.3) is 17.5 Å². The third-order valence-corrected chi connectivity index (χ3v) is 7.69. The largest absolute Gasteiger partial charge is 0.350 e. The molecule has 2 amide bonds. The molecule has 1 aliphatic carbocycles. The first kappa shape index (κ1) is 22.5. The second kappa shape index (κ2) is 8.90. The van der Waals surface area contributed by atoms with Crippen LogP contribution in [0.1, 0.15) is 64.1 Å². The number of benzene rings is 2. The fourth-order valence-electron chi connectivity index (χ4n) is 5.76. The van der Waals surface area contributed by atoms with Crippen LogP contribution in [0.3, 0.4) is 0 Å². The first-order chi connectivity index (χ1) is 17.6. The smallest absolute Gasteiger partial charge is 0.259 e. The topological polar surface area (TPSA) is 88.3 Å². The standard InChI is InChI=1S/C29H28N4O3/c1-19-25-23(16-24(31-27(25)36-32-19)20-10-4-2-5-11-20)26(34)30-18-29(14-8-3-9-15-29)33-17-21-12-6-7-13-22(21)28(33)35/h2,4-7,10-13,16H,3,8-9,14-15,17-18H2,1H3,(H,30,34). The molecule has 36 heavy (non-hydrogen) atoms. The van der Waals surface area contributed by atoms with Crippen LogP contribution in [0.2, 0.25) is 0 Å². The van der Waals surface area contributed by atoms with Crippen molar-refractivity contribution in [3.63, 3.8) is 0 Å². The van der Waals surface area contributed by atoms with E-state index < -0.39 is 5.54 Å².